The van der Waals surface area contributed by atoms with Gasteiger partial charge in [-0.2, -0.15) is 0 Å². The molecule has 0 spiro atoms. The molecule has 2 aromatic carbocycles. The van der Waals surface area contributed by atoms with Crippen LogP contribution < -0.4 is 4.72 Å². The van der Waals surface area contributed by atoms with Crippen LogP contribution in [0, 0.1) is 0 Å². The number of carbonyl (C=O) groups excluding carboxylic acids is 1. The molecular weight excluding hydrogens is 326 g/mol. The van der Waals surface area contributed by atoms with Crippen LogP contribution in [0.25, 0.3) is 6.08 Å². The normalized spacial score (nSPS) is 11.4. The fourth-order valence-corrected chi connectivity index (χ4v) is 3.20. The summed E-state index contributed by atoms with van der Waals surface area (Å²) in [5, 5.41) is 0. The minimum absolute atomic E-state index is 0.174. The van der Waals surface area contributed by atoms with E-state index in [1.165, 1.54) is 31.4 Å². The van der Waals surface area contributed by atoms with Gasteiger partial charge in [-0.05, 0) is 47.9 Å². The summed E-state index contributed by atoms with van der Waals surface area (Å²) >= 11 is 0. The predicted octanol–water partition coefficient (Wildman–Crippen LogP) is 3.24. The molecule has 0 atom stereocenters. The summed E-state index contributed by atoms with van der Waals surface area (Å²) in [7, 11) is -2.41. The van der Waals surface area contributed by atoms with Crippen molar-refractivity contribution in [1.82, 2.24) is 0 Å². The third-order valence-corrected chi connectivity index (χ3v) is 4.80. The van der Waals surface area contributed by atoms with Gasteiger partial charge in [0.2, 0.25) is 0 Å². The molecule has 0 saturated carbocycles. The molecule has 0 saturated heterocycles. The minimum atomic E-state index is -3.70. The molecular formula is C18H19NO4S. The van der Waals surface area contributed by atoms with Gasteiger partial charge in [0.15, 0.2) is 0 Å². The van der Waals surface area contributed by atoms with E-state index in [1.54, 1.807) is 24.3 Å². The third kappa shape index (κ3) is 4.45. The smallest absolute Gasteiger partial charge is 0.330 e. The maximum Gasteiger partial charge on any atom is 0.330 e. The molecule has 0 heterocycles. The molecule has 1 N–H and O–H groups in total. The number of ether oxygens (including phenoxy) is 1. The monoisotopic (exact) mass is 345 g/mol. The highest BCUT2D eigenvalue weighted by molar-refractivity contribution is 7.92. The summed E-state index contributed by atoms with van der Waals surface area (Å²) in [6.45, 7) is 2.00. The molecule has 0 aliphatic heterocycles. The van der Waals surface area contributed by atoms with Crippen molar-refractivity contribution in [2.24, 2.45) is 0 Å². The predicted molar refractivity (Wildman–Crippen MR) is 94.1 cm³/mol. The number of anilines is 1. The number of carbonyl (C=O) groups is 1. The van der Waals surface area contributed by atoms with Gasteiger partial charge >= 0.3 is 5.97 Å². The first-order chi connectivity index (χ1) is 11.5. The number of methoxy groups -OCH3 is 1. The van der Waals surface area contributed by atoms with Crippen LogP contribution in [0.5, 0.6) is 0 Å². The zero-order valence-corrected chi connectivity index (χ0v) is 14.3. The van der Waals surface area contributed by atoms with Crippen LogP contribution in [0.15, 0.2) is 59.5 Å². The van der Waals surface area contributed by atoms with E-state index in [-0.39, 0.29) is 4.90 Å². The number of sulfonamides is 1. The van der Waals surface area contributed by atoms with Crippen molar-refractivity contribution in [3.05, 3.63) is 65.7 Å². The van der Waals surface area contributed by atoms with Gasteiger partial charge in [-0.3, -0.25) is 4.72 Å². The highest BCUT2D eigenvalue weighted by atomic mass is 32.2. The van der Waals surface area contributed by atoms with Crippen molar-refractivity contribution in [2.45, 2.75) is 18.2 Å². The number of benzene rings is 2. The van der Waals surface area contributed by atoms with E-state index in [4.69, 9.17) is 0 Å². The number of rotatable bonds is 6. The zero-order chi connectivity index (χ0) is 17.6. The van der Waals surface area contributed by atoms with Crippen LogP contribution in [0.1, 0.15) is 18.1 Å². The van der Waals surface area contributed by atoms with Crippen molar-refractivity contribution in [3.8, 4) is 0 Å². The quantitative estimate of drug-likeness (QED) is 0.644. The molecule has 24 heavy (non-hydrogen) atoms. The van der Waals surface area contributed by atoms with E-state index in [0.717, 1.165) is 12.0 Å². The van der Waals surface area contributed by atoms with Crippen LogP contribution in [-0.4, -0.2) is 21.5 Å². The average Bonchev–Trinajstić information content (AvgIpc) is 2.61. The van der Waals surface area contributed by atoms with E-state index in [9.17, 15) is 13.2 Å². The maximum absolute atomic E-state index is 12.5. The van der Waals surface area contributed by atoms with E-state index in [2.05, 4.69) is 9.46 Å². The molecule has 0 unspecified atom stereocenters. The Balaban J connectivity index is 2.39. The molecule has 0 aromatic heterocycles. The number of nitrogens with one attached hydrogen (secondary N) is 1. The SMILES string of the molecule is CCc1ccc(NS(=O)(=O)c2ccccc2)c(/C=C/C(=O)OC)c1. The van der Waals surface area contributed by atoms with Crippen LogP contribution in [-0.2, 0) is 26.0 Å². The Morgan fingerprint density at radius 2 is 1.88 bits per heavy atom. The van der Waals surface area contributed by atoms with Gasteiger partial charge in [0, 0.05) is 6.08 Å². The average molecular weight is 345 g/mol. The van der Waals surface area contributed by atoms with E-state index in [1.807, 2.05) is 19.1 Å². The molecule has 0 radical (unpaired) electrons. The lowest BCUT2D eigenvalue weighted by atomic mass is 10.1. The van der Waals surface area contributed by atoms with Gasteiger partial charge in [-0.15, -0.1) is 0 Å². The highest BCUT2D eigenvalue weighted by Crippen LogP contribution is 2.23. The van der Waals surface area contributed by atoms with Crippen LogP contribution in [0.4, 0.5) is 5.69 Å². The van der Waals surface area contributed by atoms with Crippen LogP contribution in [0.3, 0.4) is 0 Å². The Bertz CT molecular complexity index is 843. The fourth-order valence-electron chi connectivity index (χ4n) is 2.09. The summed E-state index contributed by atoms with van der Waals surface area (Å²) in [4.78, 5) is 11.5. The van der Waals surface area contributed by atoms with Gasteiger partial charge in [0.25, 0.3) is 10.0 Å². The Morgan fingerprint density at radius 1 is 1.17 bits per heavy atom. The second-order valence-electron chi connectivity index (χ2n) is 5.05. The van der Waals surface area contributed by atoms with Gasteiger partial charge < -0.3 is 4.74 Å². The Morgan fingerprint density at radius 3 is 2.50 bits per heavy atom. The molecule has 0 aliphatic carbocycles. The Hall–Kier alpha value is -2.60. The first kappa shape index (κ1) is 17.7. The molecule has 2 aromatic rings. The first-order valence-corrected chi connectivity index (χ1v) is 8.91. The molecule has 5 nitrogen and oxygen atoms in total. The molecule has 0 aliphatic rings. The van der Waals surface area contributed by atoms with Gasteiger partial charge in [0.05, 0.1) is 17.7 Å². The summed E-state index contributed by atoms with van der Waals surface area (Å²) in [6.07, 6.45) is 3.59. The standard InChI is InChI=1S/C18H19NO4S/c1-3-14-9-11-17(15(13-14)10-12-18(20)23-2)19-24(21,22)16-7-5-4-6-8-16/h4-13,19H,3H2,1-2H3/b12-10+. The summed E-state index contributed by atoms with van der Waals surface area (Å²) < 4.78 is 32.1. The van der Waals surface area contributed by atoms with Gasteiger partial charge in [0.1, 0.15) is 0 Å². The molecule has 0 amide bonds. The third-order valence-electron chi connectivity index (χ3n) is 3.42. The van der Waals surface area contributed by atoms with E-state index >= 15 is 0 Å². The molecule has 0 fully saturated rings. The lowest BCUT2D eigenvalue weighted by molar-refractivity contribution is -0.134. The largest absolute Gasteiger partial charge is 0.466 e. The molecule has 126 valence electrons. The Kier molecular flexibility index (Phi) is 5.76. The van der Waals surface area contributed by atoms with Crippen molar-refractivity contribution in [3.63, 3.8) is 0 Å². The van der Waals surface area contributed by atoms with Crippen molar-refractivity contribution < 1.29 is 17.9 Å². The minimum Gasteiger partial charge on any atom is -0.466 e. The lowest BCUT2D eigenvalue weighted by Crippen LogP contribution is -2.13. The second kappa shape index (κ2) is 7.79. The van der Waals surface area contributed by atoms with Crippen LogP contribution in [0.2, 0.25) is 0 Å². The lowest BCUT2D eigenvalue weighted by Gasteiger charge is -2.12. The van der Waals surface area contributed by atoms with E-state index < -0.39 is 16.0 Å². The topological polar surface area (TPSA) is 72.5 Å². The summed E-state index contributed by atoms with van der Waals surface area (Å²) in [5.41, 5.74) is 2.03. The Labute approximate surface area is 142 Å². The zero-order valence-electron chi connectivity index (χ0n) is 13.5. The first-order valence-electron chi connectivity index (χ1n) is 7.43. The van der Waals surface area contributed by atoms with Gasteiger partial charge in [-0.25, -0.2) is 13.2 Å². The van der Waals surface area contributed by atoms with Crippen molar-refractivity contribution >= 4 is 27.8 Å². The number of hydrogen-bond donors (Lipinski definition) is 1. The van der Waals surface area contributed by atoms with Gasteiger partial charge in [-0.1, -0.05) is 31.2 Å². The van der Waals surface area contributed by atoms with E-state index in [0.29, 0.717) is 11.3 Å². The van der Waals surface area contributed by atoms with Crippen LogP contribution >= 0.6 is 0 Å². The maximum atomic E-state index is 12.5. The molecule has 0 bridgehead atoms. The van der Waals surface area contributed by atoms with Crippen molar-refractivity contribution in [2.75, 3.05) is 11.8 Å². The fraction of sp³-hybridized carbons (Fsp3) is 0.167. The molecule has 2 rings (SSSR count). The molecule has 6 heteroatoms. The number of esters is 1. The number of aryl methyl sites for hydroxylation is 1. The summed E-state index contributed by atoms with van der Waals surface area (Å²) in [5.74, 6) is -0.506. The second-order valence-corrected chi connectivity index (χ2v) is 6.73. The summed E-state index contributed by atoms with van der Waals surface area (Å²) in [6, 6.07) is 13.5. The van der Waals surface area contributed by atoms with Crippen molar-refractivity contribution in [1.29, 1.82) is 0 Å². The number of hydrogen-bond acceptors (Lipinski definition) is 4. The highest BCUT2D eigenvalue weighted by Gasteiger charge is 2.15.